The number of hydrogen-bond donors (Lipinski definition) is 2. The molecule has 1 aromatic heterocycles. The molecule has 152 valence electrons. The molecule has 9 heteroatoms. The smallest absolute Gasteiger partial charge is 0.356 e. The molecule has 1 aliphatic heterocycles. The van der Waals surface area contributed by atoms with Gasteiger partial charge in [0.1, 0.15) is 5.82 Å². The van der Waals surface area contributed by atoms with Crippen molar-refractivity contribution in [1.29, 1.82) is 0 Å². The molecule has 0 amide bonds. The molecule has 0 saturated carbocycles. The van der Waals surface area contributed by atoms with Crippen LogP contribution in [0.2, 0.25) is 0 Å². The highest BCUT2D eigenvalue weighted by Gasteiger charge is 2.29. The molecule has 2 heterocycles. The van der Waals surface area contributed by atoms with Crippen molar-refractivity contribution in [2.24, 2.45) is 4.99 Å². The van der Waals surface area contributed by atoms with E-state index in [4.69, 9.17) is 0 Å². The van der Waals surface area contributed by atoms with E-state index in [-0.39, 0.29) is 0 Å². The molecule has 2 aromatic rings. The van der Waals surface area contributed by atoms with E-state index in [1.54, 1.807) is 7.05 Å². The number of aromatic nitrogens is 3. The third kappa shape index (κ3) is 5.24. The second-order valence-corrected chi connectivity index (χ2v) is 6.79. The highest BCUT2D eigenvalue weighted by Crippen LogP contribution is 2.29. The molecule has 1 aliphatic rings. The van der Waals surface area contributed by atoms with E-state index in [9.17, 15) is 13.2 Å². The van der Waals surface area contributed by atoms with E-state index in [0.717, 1.165) is 55.2 Å². The van der Waals surface area contributed by atoms with Crippen molar-refractivity contribution in [2.45, 2.75) is 51.4 Å². The second kappa shape index (κ2) is 9.07. The van der Waals surface area contributed by atoms with Crippen LogP contribution in [-0.2, 0) is 32.1 Å². The lowest BCUT2D eigenvalue weighted by Crippen LogP contribution is -2.38. The first kappa shape index (κ1) is 20.2. The van der Waals surface area contributed by atoms with Gasteiger partial charge in [-0.25, -0.2) is 0 Å². The van der Waals surface area contributed by atoms with Crippen LogP contribution in [0, 0.1) is 0 Å². The highest BCUT2D eigenvalue weighted by molar-refractivity contribution is 5.79. The maximum Gasteiger partial charge on any atom is 0.416 e. The minimum absolute atomic E-state index is 0.521. The molecule has 0 fully saturated rings. The molecule has 0 aliphatic carbocycles. The molecule has 0 bridgehead atoms. The van der Waals surface area contributed by atoms with Gasteiger partial charge in [-0.2, -0.15) is 13.2 Å². The lowest BCUT2D eigenvalue weighted by atomic mass is 10.1. The lowest BCUT2D eigenvalue weighted by molar-refractivity contribution is -0.137. The third-order valence-electron chi connectivity index (χ3n) is 4.81. The molecule has 3 rings (SSSR count). The van der Waals surface area contributed by atoms with Crippen LogP contribution < -0.4 is 10.6 Å². The molecule has 0 spiro atoms. The molecule has 0 saturated heterocycles. The van der Waals surface area contributed by atoms with Crippen LogP contribution in [0.15, 0.2) is 29.3 Å². The van der Waals surface area contributed by atoms with E-state index in [2.05, 4.69) is 30.4 Å². The zero-order valence-electron chi connectivity index (χ0n) is 15.9. The van der Waals surface area contributed by atoms with Gasteiger partial charge >= 0.3 is 6.18 Å². The Hall–Kier alpha value is -2.58. The molecule has 0 atom stereocenters. The second-order valence-electron chi connectivity index (χ2n) is 6.79. The van der Waals surface area contributed by atoms with E-state index in [1.807, 2.05) is 0 Å². The van der Waals surface area contributed by atoms with Gasteiger partial charge in [0.2, 0.25) is 0 Å². The third-order valence-corrected chi connectivity index (χ3v) is 4.81. The van der Waals surface area contributed by atoms with Crippen LogP contribution in [-0.4, -0.2) is 34.3 Å². The Kier molecular flexibility index (Phi) is 6.53. The summed E-state index contributed by atoms with van der Waals surface area (Å²) >= 11 is 0. The van der Waals surface area contributed by atoms with Gasteiger partial charge in [0.15, 0.2) is 11.8 Å². The number of hydrogen-bond acceptors (Lipinski definition) is 3. The van der Waals surface area contributed by atoms with Crippen molar-refractivity contribution in [3.63, 3.8) is 0 Å². The summed E-state index contributed by atoms with van der Waals surface area (Å²) in [6.07, 6.45) is 0.759. The van der Waals surface area contributed by atoms with Crippen LogP contribution in [0.1, 0.15) is 42.0 Å². The first-order valence-corrected chi connectivity index (χ1v) is 9.49. The predicted molar refractivity (Wildman–Crippen MR) is 101 cm³/mol. The molecular weight excluding hydrogens is 369 g/mol. The van der Waals surface area contributed by atoms with Crippen molar-refractivity contribution in [3.8, 4) is 0 Å². The summed E-state index contributed by atoms with van der Waals surface area (Å²) in [4.78, 5) is 4.18. The molecule has 6 nitrogen and oxygen atoms in total. The van der Waals surface area contributed by atoms with E-state index in [0.29, 0.717) is 25.5 Å². The number of guanidine groups is 1. The van der Waals surface area contributed by atoms with E-state index < -0.39 is 11.7 Å². The van der Waals surface area contributed by atoms with E-state index in [1.165, 1.54) is 18.6 Å². The number of aryl methyl sites for hydroxylation is 1. The summed E-state index contributed by atoms with van der Waals surface area (Å²) in [5, 5.41) is 15.0. The largest absolute Gasteiger partial charge is 0.416 e. The maximum atomic E-state index is 12.6. The Balaban J connectivity index is 1.47. The SMILES string of the molecule is CN=C(NCCc1ccc(C(F)(F)F)cc1)NCc1nnc2n1CCCCC2. The number of aliphatic imine (C=N–C) groups is 1. The number of rotatable bonds is 5. The fourth-order valence-electron chi connectivity index (χ4n) is 3.25. The van der Waals surface area contributed by atoms with Crippen molar-refractivity contribution >= 4 is 5.96 Å². The number of benzene rings is 1. The molecule has 28 heavy (non-hydrogen) atoms. The minimum atomic E-state index is -4.30. The van der Waals surface area contributed by atoms with Gasteiger partial charge < -0.3 is 15.2 Å². The summed E-state index contributed by atoms with van der Waals surface area (Å²) in [5.74, 6) is 2.56. The van der Waals surface area contributed by atoms with Gasteiger partial charge in [-0.05, 0) is 37.0 Å². The van der Waals surface area contributed by atoms with Crippen LogP contribution in [0.25, 0.3) is 0 Å². The van der Waals surface area contributed by atoms with Gasteiger partial charge in [0.25, 0.3) is 0 Å². The Morgan fingerprint density at radius 2 is 1.89 bits per heavy atom. The molecule has 0 radical (unpaired) electrons. The zero-order chi connectivity index (χ0) is 20.0. The first-order valence-electron chi connectivity index (χ1n) is 9.49. The lowest BCUT2D eigenvalue weighted by Gasteiger charge is -2.13. The number of nitrogens with one attached hydrogen (secondary N) is 2. The molecule has 2 N–H and O–H groups in total. The fourth-order valence-corrected chi connectivity index (χ4v) is 3.25. The van der Waals surface area contributed by atoms with Crippen LogP contribution in [0.5, 0.6) is 0 Å². The molecule has 0 unspecified atom stereocenters. The standard InChI is InChI=1S/C19H25F3N6/c1-23-18(24-11-10-14-6-8-15(9-7-14)19(20,21)22)25-13-17-27-26-16-5-3-2-4-12-28(16)17/h6-9H,2-5,10-13H2,1H3,(H2,23,24,25). The number of fused-ring (bicyclic) bond motifs is 1. The quantitative estimate of drug-likeness (QED) is 0.605. The van der Waals surface area contributed by atoms with Crippen LogP contribution in [0.3, 0.4) is 0 Å². The summed E-state index contributed by atoms with van der Waals surface area (Å²) < 4.78 is 40.0. The molecule has 1 aromatic carbocycles. The average molecular weight is 394 g/mol. The van der Waals surface area contributed by atoms with Crippen molar-refractivity contribution in [3.05, 3.63) is 47.0 Å². The predicted octanol–water partition coefficient (Wildman–Crippen LogP) is 2.93. The van der Waals surface area contributed by atoms with Crippen molar-refractivity contribution in [1.82, 2.24) is 25.4 Å². The summed E-state index contributed by atoms with van der Waals surface area (Å²) in [5.41, 5.74) is 0.202. The normalized spacial score (nSPS) is 15.1. The summed E-state index contributed by atoms with van der Waals surface area (Å²) in [6.45, 7) is 2.02. The zero-order valence-corrected chi connectivity index (χ0v) is 15.9. The maximum absolute atomic E-state index is 12.6. The number of halogens is 3. The number of nitrogens with zero attached hydrogens (tertiary/aromatic N) is 4. The van der Waals surface area contributed by atoms with Gasteiger partial charge in [0.05, 0.1) is 12.1 Å². The Morgan fingerprint density at radius 1 is 1.11 bits per heavy atom. The Morgan fingerprint density at radius 3 is 2.61 bits per heavy atom. The minimum Gasteiger partial charge on any atom is -0.356 e. The summed E-state index contributed by atoms with van der Waals surface area (Å²) in [6, 6.07) is 5.23. The van der Waals surface area contributed by atoms with E-state index >= 15 is 0 Å². The van der Waals surface area contributed by atoms with Crippen LogP contribution >= 0.6 is 0 Å². The van der Waals surface area contributed by atoms with Gasteiger partial charge in [-0.15, -0.1) is 10.2 Å². The monoisotopic (exact) mass is 394 g/mol. The first-order chi connectivity index (χ1) is 13.5. The fraction of sp³-hybridized carbons (Fsp3) is 0.526. The Bertz CT molecular complexity index is 795. The van der Waals surface area contributed by atoms with Gasteiger partial charge in [0, 0.05) is 26.6 Å². The molecular formula is C19H25F3N6. The average Bonchev–Trinajstić information content (AvgIpc) is 2.90. The van der Waals surface area contributed by atoms with Crippen molar-refractivity contribution in [2.75, 3.05) is 13.6 Å². The van der Waals surface area contributed by atoms with Crippen LogP contribution in [0.4, 0.5) is 13.2 Å². The van der Waals surface area contributed by atoms with Gasteiger partial charge in [-0.3, -0.25) is 4.99 Å². The Labute approximate surface area is 162 Å². The summed E-state index contributed by atoms with van der Waals surface area (Å²) in [7, 11) is 1.68. The van der Waals surface area contributed by atoms with Gasteiger partial charge in [-0.1, -0.05) is 18.6 Å². The highest BCUT2D eigenvalue weighted by atomic mass is 19.4. The number of alkyl halides is 3. The van der Waals surface area contributed by atoms with Crippen molar-refractivity contribution < 1.29 is 13.2 Å². The topological polar surface area (TPSA) is 67.1 Å².